The van der Waals surface area contributed by atoms with Gasteiger partial charge in [0.15, 0.2) is 0 Å². The molecule has 0 heterocycles. The lowest BCUT2D eigenvalue weighted by atomic mass is 10.2. The molecule has 0 saturated carbocycles. The van der Waals surface area contributed by atoms with Crippen LogP contribution in [-0.2, 0) is 9.53 Å². The molecule has 0 aromatic carbocycles. The molecule has 2 atom stereocenters. The van der Waals surface area contributed by atoms with Crippen LogP contribution in [0, 0.1) is 0 Å². The van der Waals surface area contributed by atoms with E-state index >= 15 is 0 Å². The van der Waals surface area contributed by atoms with Crippen molar-refractivity contribution >= 4 is 5.97 Å². The minimum absolute atomic E-state index is 0.425. The van der Waals surface area contributed by atoms with E-state index in [1.165, 1.54) is 6.92 Å². The van der Waals surface area contributed by atoms with E-state index < -0.39 is 24.8 Å². The molecule has 0 amide bonds. The summed E-state index contributed by atoms with van der Waals surface area (Å²) in [5.74, 6) is -0.606. The average Bonchev–Trinajstić information content (AvgIpc) is 2.02. The summed E-state index contributed by atoms with van der Waals surface area (Å²) < 4.78 is 4.59. The molecule has 0 aromatic heterocycles. The molecule has 0 radical (unpaired) electrons. The highest BCUT2D eigenvalue weighted by atomic mass is 16.6. The van der Waals surface area contributed by atoms with Gasteiger partial charge in [-0.15, -0.1) is 0 Å². The van der Waals surface area contributed by atoms with Crippen LogP contribution in [0.25, 0.3) is 0 Å². The Morgan fingerprint density at radius 2 is 2.36 bits per heavy atom. The topological polar surface area (TPSA) is 66.8 Å². The van der Waals surface area contributed by atoms with Gasteiger partial charge in [-0.2, -0.15) is 0 Å². The monoisotopic (exact) mass is 160 g/mol. The summed E-state index contributed by atoms with van der Waals surface area (Å²) in [5.41, 5.74) is 0. The standard InChI is InChI=1S/C7H12O4/c1-3-7(10)11-5(2)6(9)4-8/h3,5-6,8-9H,1,4H2,2H3. The fraction of sp³-hybridized carbons (Fsp3) is 0.571. The van der Waals surface area contributed by atoms with Crippen molar-refractivity contribution in [3.63, 3.8) is 0 Å². The van der Waals surface area contributed by atoms with Gasteiger partial charge in [0.05, 0.1) is 6.61 Å². The third-order valence-corrected chi connectivity index (χ3v) is 1.20. The van der Waals surface area contributed by atoms with Crippen molar-refractivity contribution in [2.24, 2.45) is 0 Å². The van der Waals surface area contributed by atoms with Crippen molar-refractivity contribution in [2.45, 2.75) is 19.1 Å². The number of aliphatic hydroxyl groups is 2. The maximum atomic E-state index is 10.5. The third-order valence-electron chi connectivity index (χ3n) is 1.20. The summed E-state index contributed by atoms with van der Waals surface area (Å²) >= 11 is 0. The zero-order valence-corrected chi connectivity index (χ0v) is 6.36. The van der Waals surface area contributed by atoms with E-state index in [-0.39, 0.29) is 0 Å². The van der Waals surface area contributed by atoms with Gasteiger partial charge in [0.2, 0.25) is 0 Å². The van der Waals surface area contributed by atoms with Crippen LogP contribution >= 0.6 is 0 Å². The molecule has 0 spiro atoms. The summed E-state index contributed by atoms with van der Waals surface area (Å²) in [7, 11) is 0. The van der Waals surface area contributed by atoms with Gasteiger partial charge >= 0.3 is 5.97 Å². The summed E-state index contributed by atoms with van der Waals surface area (Å²) in [6.45, 7) is 4.24. The summed E-state index contributed by atoms with van der Waals surface area (Å²) in [5, 5.41) is 17.3. The zero-order chi connectivity index (χ0) is 8.85. The molecule has 11 heavy (non-hydrogen) atoms. The second-order valence-electron chi connectivity index (χ2n) is 2.10. The number of esters is 1. The molecule has 2 N–H and O–H groups in total. The summed E-state index contributed by atoms with van der Waals surface area (Å²) in [6, 6.07) is 0. The highest BCUT2D eigenvalue weighted by molar-refractivity contribution is 5.81. The molecule has 0 bridgehead atoms. The number of aliphatic hydroxyl groups excluding tert-OH is 2. The van der Waals surface area contributed by atoms with Crippen molar-refractivity contribution in [1.29, 1.82) is 0 Å². The Hall–Kier alpha value is -0.870. The van der Waals surface area contributed by atoms with Crippen LogP contribution in [0.3, 0.4) is 0 Å². The van der Waals surface area contributed by atoms with Crippen LogP contribution in [-0.4, -0.2) is 35.0 Å². The molecular formula is C7H12O4. The van der Waals surface area contributed by atoms with Gasteiger partial charge in [0, 0.05) is 6.08 Å². The molecule has 64 valence electrons. The highest BCUT2D eigenvalue weighted by Crippen LogP contribution is 1.98. The summed E-state index contributed by atoms with van der Waals surface area (Å²) in [6.07, 6.45) is -0.731. The fourth-order valence-electron chi connectivity index (χ4n) is 0.458. The van der Waals surface area contributed by atoms with Crippen LogP contribution in [0.2, 0.25) is 0 Å². The maximum Gasteiger partial charge on any atom is 0.330 e. The van der Waals surface area contributed by atoms with E-state index in [2.05, 4.69) is 11.3 Å². The lowest BCUT2D eigenvalue weighted by molar-refractivity contribution is -0.148. The first-order chi connectivity index (χ1) is 5.11. The predicted octanol–water partition coefficient (Wildman–Crippen LogP) is -0.543. The Labute approximate surface area is 65.1 Å². The molecular weight excluding hydrogens is 148 g/mol. The smallest absolute Gasteiger partial charge is 0.330 e. The number of rotatable bonds is 4. The Kier molecular flexibility index (Phi) is 4.49. The Morgan fingerprint density at radius 1 is 1.82 bits per heavy atom. The van der Waals surface area contributed by atoms with Crippen molar-refractivity contribution in [3.05, 3.63) is 12.7 Å². The Bertz CT molecular complexity index is 143. The van der Waals surface area contributed by atoms with Crippen molar-refractivity contribution in [3.8, 4) is 0 Å². The number of hydrogen-bond donors (Lipinski definition) is 2. The van der Waals surface area contributed by atoms with E-state index in [0.717, 1.165) is 6.08 Å². The molecule has 0 aliphatic heterocycles. The van der Waals surface area contributed by atoms with Crippen LogP contribution < -0.4 is 0 Å². The van der Waals surface area contributed by atoms with Gasteiger partial charge in [-0.1, -0.05) is 6.58 Å². The normalized spacial score (nSPS) is 15.2. The molecule has 0 saturated heterocycles. The van der Waals surface area contributed by atoms with Crippen molar-refractivity contribution < 1.29 is 19.7 Å². The lowest BCUT2D eigenvalue weighted by Gasteiger charge is -2.15. The Morgan fingerprint density at radius 3 is 2.73 bits per heavy atom. The number of carbonyl (C=O) groups excluding carboxylic acids is 1. The average molecular weight is 160 g/mol. The Balaban J connectivity index is 3.76. The SMILES string of the molecule is C=CC(=O)OC(C)C(O)CO. The maximum absolute atomic E-state index is 10.5. The minimum atomic E-state index is -1.03. The zero-order valence-electron chi connectivity index (χ0n) is 6.36. The molecule has 0 aliphatic carbocycles. The molecule has 0 aromatic rings. The second-order valence-corrected chi connectivity index (χ2v) is 2.10. The lowest BCUT2D eigenvalue weighted by Crippen LogP contribution is -2.30. The minimum Gasteiger partial charge on any atom is -0.457 e. The van der Waals surface area contributed by atoms with Gasteiger partial charge in [-0.3, -0.25) is 0 Å². The van der Waals surface area contributed by atoms with Gasteiger partial charge in [0.1, 0.15) is 12.2 Å². The van der Waals surface area contributed by atoms with Crippen molar-refractivity contribution in [1.82, 2.24) is 0 Å². The summed E-state index contributed by atoms with van der Waals surface area (Å²) in [4.78, 5) is 10.5. The van der Waals surface area contributed by atoms with Crippen LogP contribution in [0.15, 0.2) is 12.7 Å². The number of ether oxygens (including phenoxy) is 1. The quantitative estimate of drug-likeness (QED) is 0.428. The van der Waals surface area contributed by atoms with E-state index in [9.17, 15) is 4.79 Å². The first-order valence-corrected chi connectivity index (χ1v) is 3.23. The fourth-order valence-corrected chi connectivity index (χ4v) is 0.458. The molecule has 4 heteroatoms. The van der Waals surface area contributed by atoms with Gasteiger partial charge in [-0.25, -0.2) is 4.79 Å². The molecule has 4 nitrogen and oxygen atoms in total. The van der Waals surface area contributed by atoms with Gasteiger partial charge in [-0.05, 0) is 6.92 Å². The molecule has 0 aliphatic rings. The van der Waals surface area contributed by atoms with Crippen LogP contribution in [0.5, 0.6) is 0 Å². The van der Waals surface area contributed by atoms with E-state index in [1.54, 1.807) is 0 Å². The molecule has 2 unspecified atom stereocenters. The van der Waals surface area contributed by atoms with E-state index in [0.29, 0.717) is 0 Å². The predicted molar refractivity (Wildman–Crippen MR) is 38.8 cm³/mol. The highest BCUT2D eigenvalue weighted by Gasteiger charge is 2.15. The largest absolute Gasteiger partial charge is 0.457 e. The second kappa shape index (κ2) is 4.87. The first kappa shape index (κ1) is 10.1. The van der Waals surface area contributed by atoms with Gasteiger partial charge < -0.3 is 14.9 Å². The number of hydrogen-bond acceptors (Lipinski definition) is 4. The number of carbonyl (C=O) groups is 1. The molecule has 0 fully saturated rings. The van der Waals surface area contributed by atoms with Crippen molar-refractivity contribution in [2.75, 3.05) is 6.61 Å². The van der Waals surface area contributed by atoms with Crippen LogP contribution in [0.1, 0.15) is 6.92 Å². The van der Waals surface area contributed by atoms with E-state index in [1.807, 2.05) is 0 Å². The van der Waals surface area contributed by atoms with Gasteiger partial charge in [0.25, 0.3) is 0 Å². The van der Waals surface area contributed by atoms with Crippen LogP contribution in [0.4, 0.5) is 0 Å². The van der Waals surface area contributed by atoms with E-state index in [4.69, 9.17) is 10.2 Å². The third kappa shape index (κ3) is 3.75. The molecule has 0 rings (SSSR count). The first-order valence-electron chi connectivity index (χ1n) is 3.23.